The number of H-pyrrole nitrogens is 2. The number of nitrogens with zero attached hydrogens (tertiary/aromatic N) is 10. The summed E-state index contributed by atoms with van der Waals surface area (Å²) in [6.07, 6.45) is 9.57. The largest absolute Gasteiger partial charge is 0.384 e. The van der Waals surface area contributed by atoms with E-state index in [-0.39, 0.29) is 11.7 Å². The van der Waals surface area contributed by atoms with Crippen LogP contribution in [0.5, 0.6) is 0 Å². The zero-order valence-corrected chi connectivity index (χ0v) is 43.1. The summed E-state index contributed by atoms with van der Waals surface area (Å²) in [7, 11) is 0. The SMILES string of the molecule is N=C(N)c1ccc(-c2c3nc(c(-c4ccc(-c5nnc(-c6ccc(C=O)cc6)nn5)cc4)c4ccc([nH]4)c(-c4ccc(C(=N)N)cc4)c4nc(c(-c5ccc(-c6nnc(-c7ccc(C=O)cc7)nn6)cc5)c5ccc2[nH]5)C=C4)C=C3)cc1. The Morgan fingerprint density at radius 3 is 0.768 bits per heavy atom. The number of hydrogen-bond acceptors (Lipinski definition) is 14. The molecule has 0 radical (unpaired) electrons. The molecule has 11 aromatic rings. The van der Waals surface area contributed by atoms with Gasteiger partial charge < -0.3 is 21.4 Å². The van der Waals surface area contributed by atoms with Crippen LogP contribution in [0.4, 0.5) is 0 Å². The smallest absolute Gasteiger partial charge is 0.203 e. The first kappa shape index (κ1) is 49.6. The van der Waals surface area contributed by atoms with Crippen LogP contribution in [0.2, 0.25) is 0 Å². The summed E-state index contributed by atoms with van der Waals surface area (Å²) in [6, 6.07) is 52.6. The first-order valence-electron chi connectivity index (χ1n) is 25.7. The maximum atomic E-state index is 11.2. The second-order valence-electron chi connectivity index (χ2n) is 19.2. The first-order chi connectivity index (χ1) is 40.1. The van der Waals surface area contributed by atoms with E-state index in [1.54, 1.807) is 48.5 Å². The number of fused-ring (bicyclic) bond motifs is 8. The Labute approximate surface area is 466 Å². The molecule has 2 aliphatic heterocycles. The summed E-state index contributed by atoms with van der Waals surface area (Å²) in [5.41, 5.74) is 29.3. The fourth-order valence-electron chi connectivity index (χ4n) is 9.97. The molecule has 390 valence electrons. The Morgan fingerprint density at radius 2 is 0.537 bits per heavy atom. The highest BCUT2D eigenvalue weighted by atomic mass is 16.1. The third-order valence-corrected chi connectivity index (χ3v) is 14.2. The highest BCUT2D eigenvalue weighted by Crippen LogP contribution is 2.39. The number of nitrogen functional groups attached to an aromatic ring is 2. The van der Waals surface area contributed by atoms with Crippen molar-refractivity contribution in [3.8, 4) is 90.1 Å². The predicted octanol–water partition coefficient (Wildman–Crippen LogP) is 11.3. The van der Waals surface area contributed by atoms with E-state index in [4.69, 9.17) is 32.3 Å². The molecule has 18 heteroatoms. The number of nitrogens with two attached hydrogens (primary N) is 2. The lowest BCUT2D eigenvalue weighted by Gasteiger charge is -2.08. The summed E-state index contributed by atoms with van der Waals surface area (Å²) >= 11 is 0. The fourth-order valence-corrected chi connectivity index (χ4v) is 9.97. The number of aromatic amines is 2. The van der Waals surface area contributed by atoms with Crippen LogP contribution in [0.1, 0.15) is 54.6 Å². The maximum Gasteiger partial charge on any atom is 0.203 e. The van der Waals surface area contributed by atoms with E-state index in [0.717, 1.165) is 79.1 Å². The third kappa shape index (κ3) is 9.45. The molecular formula is C64H42N16O2. The normalized spacial score (nSPS) is 11.6. The zero-order valence-electron chi connectivity index (χ0n) is 43.1. The molecule has 0 fully saturated rings. The molecule has 0 unspecified atom stereocenters. The molecule has 2 aliphatic rings. The predicted molar refractivity (Wildman–Crippen MR) is 318 cm³/mol. The summed E-state index contributed by atoms with van der Waals surface area (Å²) < 4.78 is 0. The van der Waals surface area contributed by atoms with Crippen LogP contribution in [0, 0.1) is 10.8 Å². The van der Waals surface area contributed by atoms with Gasteiger partial charge in [0.15, 0.2) is 0 Å². The van der Waals surface area contributed by atoms with E-state index in [9.17, 15) is 9.59 Å². The summed E-state index contributed by atoms with van der Waals surface area (Å²) in [4.78, 5) is 40.9. The van der Waals surface area contributed by atoms with E-state index >= 15 is 0 Å². The number of benzene rings is 6. The van der Waals surface area contributed by atoms with Gasteiger partial charge in [0, 0.05) is 88.8 Å². The molecule has 5 aromatic heterocycles. The molecule has 8 N–H and O–H groups in total. The molecule has 82 heavy (non-hydrogen) atoms. The van der Waals surface area contributed by atoms with E-state index in [0.29, 0.717) is 90.6 Å². The van der Waals surface area contributed by atoms with Crippen LogP contribution in [-0.2, 0) is 0 Å². The Kier molecular flexibility index (Phi) is 12.6. The average Bonchev–Trinajstić information content (AvgIpc) is 4.47. The van der Waals surface area contributed by atoms with Crippen molar-refractivity contribution in [3.05, 3.63) is 215 Å². The maximum absolute atomic E-state index is 11.2. The molecular weight excluding hydrogens is 1020 g/mol. The van der Waals surface area contributed by atoms with Gasteiger partial charge in [0.05, 0.1) is 22.8 Å². The van der Waals surface area contributed by atoms with Gasteiger partial charge in [0.25, 0.3) is 0 Å². The van der Waals surface area contributed by atoms with Crippen LogP contribution in [0.25, 0.3) is 136 Å². The number of nitrogens with one attached hydrogen (secondary N) is 4. The van der Waals surface area contributed by atoms with Crippen LogP contribution in [0.3, 0.4) is 0 Å². The summed E-state index contributed by atoms with van der Waals surface area (Å²) in [6.45, 7) is 0. The fraction of sp³-hybridized carbons (Fsp3) is 0. The van der Waals surface area contributed by atoms with Gasteiger partial charge in [-0.05, 0) is 70.8 Å². The topological polar surface area (TPSA) is 294 Å². The summed E-state index contributed by atoms with van der Waals surface area (Å²) in [5, 5.41) is 51.4. The number of aromatic nitrogens is 12. The number of aldehydes is 2. The van der Waals surface area contributed by atoms with Crippen molar-refractivity contribution in [1.82, 2.24) is 60.7 Å². The molecule has 0 aliphatic carbocycles. The summed E-state index contributed by atoms with van der Waals surface area (Å²) in [5.74, 6) is 1.24. The van der Waals surface area contributed by atoms with E-state index in [1.165, 1.54) is 0 Å². The van der Waals surface area contributed by atoms with Crippen molar-refractivity contribution >= 4 is 70.6 Å². The molecule has 6 aromatic carbocycles. The Bertz CT molecular complexity index is 4300. The van der Waals surface area contributed by atoms with Crippen molar-refractivity contribution in [1.29, 1.82) is 10.8 Å². The van der Waals surface area contributed by atoms with E-state index < -0.39 is 0 Å². The molecule has 0 spiro atoms. The number of carbonyl (C=O) groups is 2. The highest BCUT2D eigenvalue weighted by molar-refractivity contribution is 6.02. The third-order valence-electron chi connectivity index (χ3n) is 14.2. The average molecular weight is 1070 g/mol. The standard InChI is InChI=1S/C64H42N16O2/c65-59(66)41-17-9-37(10-18-41)55-47-25-29-51(69-47)57(39-13-21-45(22-14-39)63-77-73-61(74-78-63)43-5-1-35(33-81)2-6-43)52-30-26-48(70-52)56(38-11-19-42(20-12-38)60(67)68)50-28-32-54(72-50)58(53-31-27-49(55)71-53)40-15-23-46(24-16-40)64-79-75-62(76-80-64)44-7-3-36(34-82)4-8-44/h1-34,69,72H,(H3,65,66)(H3,67,68). The van der Waals surface area contributed by atoms with Crippen molar-refractivity contribution in [2.24, 2.45) is 11.5 Å². The number of carbonyl (C=O) groups excluding carboxylic acids is 2. The van der Waals surface area contributed by atoms with Crippen molar-refractivity contribution in [2.45, 2.75) is 0 Å². The van der Waals surface area contributed by atoms with E-state index in [2.05, 4.69) is 50.8 Å². The van der Waals surface area contributed by atoms with Crippen molar-refractivity contribution in [2.75, 3.05) is 0 Å². The van der Waals surface area contributed by atoms with Gasteiger partial charge in [-0.15, -0.1) is 40.8 Å². The van der Waals surface area contributed by atoms with Gasteiger partial charge in [-0.2, -0.15) is 0 Å². The van der Waals surface area contributed by atoms with Crippen LogP contribution in [0.15, 0.2) is 170 Å². The number of rotatable bonds is 12. The molecule has 0 saturated carbocycles. The Morgan fingerprint density at radius 1 is 0.317 bits per heavy atom. The lowest BCUT2D eigenvalue weighted by Crippen LogP contribution is -2.10. The molecule has 0 amide bonds. The number of hydrogen-bond donors (Lipinski definition) is 6. The first-order valence-corrected chi connectivity index (χ1v) is 25.7. The molecule has 0 saturated heterocycles. The van der Waals surface area contributed by atoms with Crippen molar-refractivity contribution in [3.63, 3.8) is 0 Å². The molecule has 7 heterocycles. The van der Waals surface area contributed by atoms with Gasteiger partial charge in [-0.3, -0.25) is 20.4 Å². The monoisotopic (exact) mass is 1070 g/mol. The second-order valence-corrected chi connectivity index (χ2v) is 19.2. The van der Waals surface area contributed by atoms with Gasteiger partial charge in [-0.25, -0.2) is 9.97 Å². The van der Waals surface area contributed by atoms with Crippen LogP contribution < -0.4 is 11.5 Å². The minimum absolute atomic E-state index is 0.0435. The lowest BCUT2D eigenvalue weighted by atomic mass is 10.0. The van der Waals surface area contributed by atoms with Gasteiger partial charge >= 0.3 is 0 Å². The molecule has 13 rings (SSSR count). The lowest BCUT2D eigenvalue weighted by molar-refractivity contribution is 0.111. The zero-order chi connectivity index (χ0) is 55.8. The van der Waals surface area contributed by atoms with E-state index in [1.807, 2.05) is 146 Å². The highest BCUT2D eigenvalue weighted by Gasteiger charge is 2.21. The Balaban J connectivity index is 0.998. The molecule has 8 bridgehead atoms. The van der Waals surface area contributed by atoms with Gasteiger partial charge in [0.2, 0.25) is 23.3 Å². The van der Waals surface area contributed by atoms with Gasteiger partial charge in [0.1, 0.15) is 24.2 Å². The van der Waals surface area contributed by atoms with Crippen LogP contribution >= 0.6 is 0 Å². The molecule has 18 nitrogen and oxygen atoms in total. The minimum atomic E-state index is -0.0435. The van der Waals surface area contributed by atoms with Gasteiger partial charge in [-0.1, -0.05) is 146 Å². The minimum Gasteiger partial charge on any atom is -0.384 e. The van der Waals surface area contributed by atoms with Crippen molar-refractivity contribution < 1.29 is 9.59 Å². The Hall–Kier alpha value is -11.9. The number of amidine groups is 2. The second kappa shape index (κ2) is 20.8. The van der Waals surface area contributed by atoms with Crippen LogP contribution in [-0.4, -0.2) is 85.0 Å². The quantitative estimate of drug-likeness (QED) is 0.0377. The molecule has 0 atom stereocenters.